The molecule has 0 aromatic heterocycles. The van der Waals surface area contributed by atoms with Crippen LogP contribution in [-0.4, -0.2) is 18.5 Å². The number of hydrogen-bond donors (Lipinski definition) is 1. The molecule has 0 fully saturated rings. The fraction of sp³-hybridized carbons (Fsp3) is 0.200. The van der Waals surface area contributed by atoms with Crippen molar-refractivity contribution in [3.63, 3.8) is 0 Å². The number of ether oxygens (including phenoxy) is 1. The molecule has 1 amide bonds. The first kappa shape index (κ1) is 22.9. The third-order valence-corrected chi connectivity index (χ3v) is 5.86. The van der Waals surface area contributed by atoms with Gasteiger partial charge in [0, 0.05) is 14.8 Å². The molecular weight excluding hydrogens is 430 g/mol. The molecule has 0 atom stereocenters. The van der Waals surface area contributed by atoms with Crippen LogP contribution >= 0.6 is 23.4 Å². The Kier molecular flexibility index (Phi) is 7.42. The lowest BCUT2D eigenvalue weighted by Crippen LogP contribution is -2.21. The van der Waals surface area contributed by atoms with Crippen LogP contribution in [-0.2, 0) is 14.9 Å². The maximum Gasteiger partial charge on any atom is 0.338 e. The number of benzene rings is 3. The van der Waals surface area contributed by atoms with Crippen molar-refractivity contribution in [3.05, 3.63) is 88.9 Å². The summed E-state index contributed by atoms with van der Waals surface area (Å²) in [5, 5.41) is 3.48. The van der Waals surface area contributed by atoms with Crippen molar-refractivity contribution in [3.8, 4) is 0 Å². The Labute approximate surface area is 192 Å². The van der Waals surface area contributed by atoms with Gasteiger partial charge in [-0.05, 0) is 59.5 Å². The van der Waals surface area contributed by atoms with Crippen molar-refractivity contribution in [2.45, 2.75) is 36.0 Å². The number of hydrogen-bond acceptors (Lipinski definition) is 4. The van der Waals surface area contributed by atoms with Crippen LogP contribution in [0.3, 0.4) is 0 Å². The molecule has 3 aromatic rings. The Morgan fingerprint density at radius 3 is 2.23 bits per heavy atom. The molecule has 0 spiro atoms. The molecule has 6 heteroatoms. The average molecular weight is 454 g/mol. The van der Waals surface area contributed by atoms with Crippen molar-refractivity contribution in [2.75, 3.05) is 11.9 Å². The highest BCUT2D eigenvalue weighted by atomic mass is 35.5. The van der Waals surface area contributed by atoms with Gasteiger partial charge in [0.15, 0.2) is 6.61 Å². The van der Waals surface area contributed by atoms with Crippen LogP contribution in [0.5, 0.6) is 0 Å². The zero-order valence-corrected chi connectivity index (χ0v) is 19.2. The molecule has 0 aliphatic rings. The SMILES string of the molecule is CC(C)(C)c1ccc(C(=O)OCC(=O)Nc2ccccc2Sc2ccc(Cl)cc2)cc1. The Morgan fingerprint density at radius 2 is 1.58 bits per heavy atom. The molecule has 4 nitrogen and oxygen atoms in total. The smallest absolute Gasteiger partial charge is 0.338 e. The van der Waals surface area contributed by atoms with Gasteiger partial charge < -0.3 is 10.1 Å². The van der Waals surface area contributed by atoms with Crippen LogP contribution in [0.25, 0.3) is 0 Å². The summed E-state index contributed by atoms with van der Waals surface area (Å²) in [6.07, 6.45) is 0. The molecule has 0 saturated heterocycles. The maximum atomic E-state index is 12.4. The van der Waals surface area contributed by atoms with Gasteiger partial charge in [-0.3, -0.25) is 4.79 Å². The van der Waals surface area contributed by atoms with E-state index in [1.165, 1.54) is 11.8 Å². The Hall–Kier alpha value is -2.76. The number of halogens is 1. The van der Waals surface area contributed by atoms with Crippen LogP contribution in [0.4, 0.5) is 5.69 Å². The molecule has 1 N–H and O–H groups in total. The van der Waals surface area contributed by atoms with Crippen LogP contribution in [0.15, 0.2) is 82.6 Å². The van der Waals surface area contributed by atoms with E-state index in [9.17, 15) is 9.59 Å². The number of nitrogens with one attached hydrogen (secondary N) is 1. The highest BCUT2D eigenvalue weighted by Gasteiger charge is 2.16. The number of carbonyl (C=O) groups is 2. The van der Waals surface area contributed by atoms with Crippen molar-refractivity contribution in [1.29, 1.82) is 0 Å². The first-order valence-corrected chi connectivity index (χ1v) is 11.0. The van der Waals surface area contributed by atoms with E-state index >= 15 is 0 Å². The molecule has 0 radical (unpaired) electrons. The first-order chi connectivity index (χ1) is 14.7. The average Bonchev–Trinajstić information content (AvgIpc) is 2.74. The summed E-state index contributed by atoms with van der Waals surface area (Å²) in [6, 6.07) is 22.2. The first-order valence-electron chi connectivity index (χ1n) is 9.82. The molecule has 0 aliphatic carbocycles. The number of rotatable bonds is 6. The van der Waals surface area contributed by atoms with Gasteiger partial charge in [0.25, 0.3) is 5.91 Å². The summed E-state index contributed by atoms with van der Waals surface area (Å²) < 4.78 is 5.19. The summed E-state index contributed by atoms with van der Waals surface area (Å²) >= 11 is 7.45. The molecule has 0 unspecified atom stereocenters. The quantitative estimate of drug-likeness (QED) is 0.428. The lowest BCUT2D eigenvalue weighted by Gasteiger charge is -2.18. The molecule has 160 valence electrons. The second kappa shape index (κ2) is 10.0. The van der Waals surface area contributed by atoms with Gasteiger partial charge in [0.2, 0.25) is 0 Å². The second-order valence-electron chi connectivity index (χ2n) is 8.00. The molecule has 3 rings (SSSR count). The number of carbonyl (C=O) groups excluding carboxylic acids is 2. The van der Waals surface area contributed by atoms with Gasteiger partial charge in [-0.1, -0.05) is 68.4 Å². The molecule has 3 aromatic carbocycles. The summed E-state index contributed by atoms with van der Waals surface area (Å²) in [6.45, 7) is 5.95. The third-order valence-electron chi connectivity index (χ3n) is 4.52. The van der Waals surface area contributed by atoms with E-state index in [1.54, 1.807) is 12.1 Å². The predicted octanol–water partition coefficient (Wildman–Crippen LogP) is 6.58. The van der Waals surface area contributed by atoms with Crippen LogP contribution < -0.4 is 5.32 Å². The van der Waals surface area contributed by atoms with Gasteiger partial charge >= 0.3 is 5.97 Å². The molecule has 0 aliphatic heterocycles. The Morgan fingerprint density at radius 1 is 0.935 bits per heavy atom. The monoisotopic (exact) mass is 453 g/mol. The number of para-hydroxylation sites is 1. The van der Waals surface area contributed by atoms with Crippen molar-refractivity contribution in [2.24, 2.45) is 0 Å². The molecule has 0 bridgehead atoms. The molecule has 0 saturated carbocycles. The summed E-state index contributed by atoms with van der Waals surface area (Å²) in [5.41, 5.74) is 2.19. The zero-order chi connectivity index (χ0) is 22.4. The Balaban J connectivity index is 1.58. The van der Waals surface area contributed by atoms with Crippen LogP contribution in [0.1, 0.15) is 36.7 Å². The van der Waals surface area contributed by atoms with Gasteiger partial charge in [0.1, 0.15) is 0 Å². The fourth-order valence-corrected chi connectivity index (χ4v) is 3.82. The van der Waals surface area contributed by atoms with E-state index < -0.39 is 11.9 Å². The minimum absolute atomic E-state index is 0.000263. The Bertz CT molecular complexity index is 1060. The minimum atomic E-state index is -0.528. The highest BCUT2D eigenvalue weighted by molar-refractivity contribution is 7.99. The van der Waals surface area contributed by atoms with Crippen molar-refractivity contribution in [1.82, 2.24) is 0 Å². The van der Waals surface area contributed by atoms with Crippen LogP contribution in [0, 0.1) is 0 Å². The zero-order valence-electron chi connectivity index (χ0n) is 17.6. The summed E-state index contributed by atoms with van der Waals surface area (Å²) in [7, 11) is 0. The normalized spacial score (nSPS) is 11.1. The van der Waals surface area contributed by atoms with Gasteiger partial charge in [-0.2, -0.15) is 0 Å². The fourth-order valence-electron chi connectivity index (χ4n) is 2.80. The van der Waals surface area contributed by atoms with Crippen molar-refractivity contribution >= 4 is 40.9 Å². The highest BCUT2D eigenvalue weighted by Crippen LogP contribution is 2.33. The largest absolute Gasteiger partial charge is 0.452 e. The maximum absolute atomic E-state index is 12.4. The number of anilines is 1. The summed E-state index contributed by atoms with van der Waals surface area (Å²) in [4.78, 5) is 26.5. The second-order valence-corrected chi connectivity index (χ2v) is 9.56. The number of esters is 1. The lowest BCUT2D eigenvalue weighted by molar-refractivity contribution is -0.119. The molecule has 0 heterocycles. The minimum Gasteiger partial charge on any atom is -0.452 e. The summed E-state index contributed by atoms with van der Waals surface area (Å²) in [5.74, 6) is -0.928. The van der Waals surface area contributed by atoms with E-state index in [-0.39, 0.29) is 12.0 Å². The number of amides is 1. The third kappa shape index (κ3) is 6.61. The van der Waals surface area contributed by atoms with Crippen LogP contribution in [0.2, 0.25) is 5.02 Å². The van der Waals surface area contributed by atoms with E-state index in [1.807, 2.05) is 60.7 Å². The van der Waals surface area contributed by atoms with Crippen molar-refractivity contribution < 1.29 is 14.3 Å². The van der Waals surface area contributed by atoms with E-state index in [0.717, 1.165) is 15.4 Å². The standard InChI is InChI=1S/C25H24ClNO3S/c1-25(2,3)18-10-8-17(9-11-18)24(29)30-16-23(28)27-21-6-4-5-7-22(21)31-20-14-12-19(26)13-15-20/h4-15H,16H2,1-3H3,(H,27,28). The molecular formula is C25H24ClNO3S. The van der Waals surface area contributed by atoms with Gasteiger partial charge in [-0.25, -0.2) is 4.79 Å². The predicted molar refractivity (Wildman–Crippen MR) is 126 cm³/mol. The topological polar surface area (TPSA) is 55.4 Å². The van der Waals surface area contributed by atoms with E-state index in [4.69, 9.17) is 16.3 Å². The molecule has 31 heavy (non-hydrogen) atoms. The van der Waals surface area contributed by atoms with Gasteiger partial charge in [0.05, 0.1) is 11.3 Å². The van der Waals surface area contributed by atoms with E-state index in [2.05, 4.69) is 26.1 Å². The van der Waals surface area contributed by atoms with Gasteiger partial charge in [-0.15, -0.1) is 0 Å². The lowest BCUT2D eigenvalue weighted by atomic mass is 9.87. The van der Waals surface area contributed by atoms with E-state index in [0.29, 0.717) is 16.3 Å².